The molecule has 1 aromatic carbocycles. The monoisotopic (exact) mass is 378 g/mol. The third kappa shape index (κ3) is 5.56. The van der Waals surface area contributed by atoms with Crippen molar-refractivity contribution in [3.05, 3.63) is 35.1 Å². The molecule has 27 heavy (non-hydrogen) atoms. The minimum atomic E-state index is -1.07. The molecule has 2 rings (SSSR count). The zero-order valence-corrected chi connectivity index (χ0v) is 15.1. The van der Waals surface area contributed by atoms with E-state index in [0.29, 0.717) is 12.0 Å². The van der Waals surface area contributed by atoms with E-state index in [4.69, 9.17) is 16.4 Å². The van der Waals surface area contributed by atoms with E-state index in [9.17, 15) is 14.3 Å². The number of carbonyl (C=O) groups is 1. The molecule has 1 amide bonds. The van der Waals surface area contributed by atoms with Crippen LogP contribution in [-0.4, -0.2) is 52.3 Å². The van der Waals surface area contributed by atoms with Crippen molar-refractivity contribution in [1.29, 1.82) is 5.41 Å². The second-order valence-electron chi connectivity index (χ2n) is 6.82. The largest absolute Gasteiger partial charge is 0.389 e. The minimum Gasteiger partial charge on any atom is -0.389 e. The van der Waals surface area contributed by atoms with Crippen molar-refractivity contribution < 1.29 is 19.5 Å². The van der Waals surface area contributed by atoms with Crippen LogP contribution in [0.25, 0.3) is 0 Å². The number of amidine groups is 2. The number of hydroxylamine groups is 1. The van der Waals surface area contributed by atoms with Crippen LogP contribution in [0, 0.1) is 11.2 Å². The molecule has 0 saturated carbocycles. The predicted octanol–water partition coefficient (Wildman–Crippen LogP) is 0.0643. The smallest absolute Gasteiger partial charge is 0.241 e. The number of hydrogen-bond donors (Lipinski definition) is 6. The van der Waals surface area contributed by atoms with Crippen LogP contribution in [0.3, 0.4) is 0 Å². The van der Waals surface area contributed by atoms with Gasteiger partial charge in [0.25, 0.3) is 0 Å². The van der Waals surface area contributed by atoms with Gasteiger partial charge in [-0.2, -0.15) is 0 Å². The normalized spacial score (nSPS) is 17.0. The summed E-state index contributed by atoms with van der Waals surface area (Å²) >= 11 is 0. The van der Waals surface area contributed by atoms with Gasteiger partial charge in [-0.1, -0.05) is 6.07 Å². The van der Waals surface area contributed by atoms with Crippen LogP contribution in [0.5, 0.6) is 0 Å². The van der Waals surface area contributed by atoms with Crippen molar-refractivity contribution in [2.75, 3.05) is 13.1 Å². The molecule has 0 bridgehead atoms. The van der Waals surface area contributed by atoms with Crippen molar-refractivity contribution in [2.24, 2.45) is 15.7 Å². The Kier molecular flexibility index (Phi) is 6.24. The highest BCUT2D eigenvalue weighted by Gasteiger charge is 2.27. The Morgan fingerprint density at radius 3 is 2.81 bits per heavy atom. The summed E-state index contributed by atoms with van der Waals surface area (Å²) in [5.74, 6) is -1.41. The number of nitrogens with zero attached hydrogens (tertiary/aromatic N) is 2. The molecule has 0 heterocycles. The number of rotatable bonds is 7. The van der Waals surface area contributed by atoms with E-state index in [0.717, 1.165) is 5.56 Å². The Morgan fingerprint density at radius 1 is 1.48 bits per heavy atom. The highest BCUT2D eigenvalue weighted by Crippen LogP contribution is 2.36. The van der Waals surface area contributed by atoms with Gasteiger partial charge in [0, 0.05) is 6.54 Å². The molecule has 1 aliphatic rings. The van der Waals surface area contributed by atoms with E-state index >= 15 is 0 Å². The topological polar surface area (TPSA) is 156 Å². The van der Waals surface area contributed by atoms with Gasteiger partial charge in [-0.25, -0.2) is 4.39 Å². The molecule has 146 valence electrons. The number of amides is 1. The van der Waals surface area contributed by atoms with Gasteiger partial charge in [0.2, 0.25) is 5.91 Å². The van der Waals surface area contributed by atoms with Gasteiger partial charge in [-0.3, -0.25) is 30.9 Å². The lowest BCUT2D eigenvalue weighted by Crippen LogP contribution is -2.41. The van der Waals surface area contributed by atoms with E-state index in [-0.39, 0.29) is 36.6 Å². The number of nitrogens with one attached hydrogen (secondary N) is 3. The summed E-state index contributed by atoms with van der Waals surface area (Å²) in [5, 5.41) is 29.1. The second-order valence-corrected chi connectivity index (χ2v) is 6.82. The zero-order chi connectivity index (χ0) is 20.2. The van der Waals surface area contributed by atoms with Gasteiger partial charge in [-0.15, -0.1) is 0 Å². The molecule has 0 radical (unpaired) electrons. The number of hydrogen-bond acceptors (Lipinski definition) is 6. The van der Waals surface area contributed by atoms with Crippen LogP contribution >= 0.6 is 0 Å². The van der Waals surface area contributed by atoms with Crippen molar-refractivity contribution in [3.63, 3.8) is 0 Å². The molecule has 10 heteroatoms. The summed E-state index contributed by atoms with van der Waals surface area (Å²) in [6.07, 6.45) is 0.571. The molecule has 1 aromatic rings. The first kappa shape index (κ1) is 20.5. The number of fused-ring (bicyclic) bond motifs is 1. The highest BCUT2D eigenvalue weighted by atomic mass is 19.1. The standard InChI is InChI=1S/C17H23FN6O3/c1-17(2,26)8-22-13(25)7-21-16(24-27)14(19)15(20)23-12-5-9-3-4-10(18)6-11(9)12/h3-4,6,12,19,26-27H,5,7-8H2,1-2H3,(H2,20,23)(H,21,24)(H,22,25). The average Bonchev–Trinajstić information content (AvgIpc) is 2.59. The predicted molar refractivity (Wildman–Crippen MR) is 98.7 cm³/mol. The molecule has 0 aromatic heterocycles. The maximum absolute atomic E-state index is 13.3. The average molecular weight is 378 g/mol. The molecule has 1 aliphatic carbocycles. The SMILES string of the molecule is CC(C)(O)CNC(=O)CN=C(NO)C(=N)C(N)=NC1Cc2ccc(F)cc21. The fraction of sp³-hybridized carbons (Fsp3) is 0.412. The van der Waals surface area contributed by atoms with Crippen LogP contribution in [0.15, 0.2) is 28.2 Å². The molecular formula is C17H23FN6O3. The van der Waals surface area contributed by atoms with Crippen LogP contribution in [0.1, 0.15) is 31.0 Å². The molecule has 1 atom stereocenters. The Bertz CT molecular complexity index is 800. The Hall–Kier alpha value is -2.85. The zero-order valence-electron chi connectivity index (χ0n) is 15.1. The van der Waals surface area contributed by atoms with E-state index in [2.05, 4.69) is 15.3 Å². The lowest BCUT2D eigenvalue weighted by Gasteiger charge is -2.27. The number of nitrogens with two attached hydrogens (primary N) is 1. The van der Waals surface area contributed by atoms with E-state index in [1.165, 1.54) is 26.0 Å². The van der Waals surface area contributed by atoms with E-state index in [1.807, 2.05) is 0 Å². The summed E-state index contributed by atoms with van der Waals surface area (Å²) in [7, 11) is 0. The lowest BCUT2D eigenvalue weighted by molar-refractivity contribution is -0.120. The Balaban J connectivity index is 2.00. The van der Waals surface area contributed by atoms with Gasteiger partial charge in [0.1, 0.15) is 23.9 Å². The quantitative estimate of drug-likeness (QED) is 0.225. The number of benzene rings is 1. The van der Waals surface area contributed by atoms with E-state index in [1.54, 1.807) is 11.5 Å². The summed E-state index contributed by atoms with van der Waals surface area (Å²) in [5.41, 5.74) is 7.71. The van der Waals surface area contributed by atoms with Crippen LogP contribution in [0.2, 0.25) is 0 Å². The summed E-state index contributed by atoms with van der Waals surface area (Å²) in [6, 6.07) is 4.04. The summed E-state index contributed by atoms with van der Waals surface area (Å²) < 4.78 is 13.3. The number of carbonyl (C=O) groups excluding carboxylic acids is 1. The molecule has 9 nitrogen and oxygen atoms in total. The summed E-state index contributed by atoms with van der Waals surface area (Å²) in [4.78, 5) is 19.7. The molecule has 0 saturated heterocycles. The third-order valence-electron chi connectivity index (χ3n) is 3.87. The van der Waals surface area contributed by atoms with Crippen LogP contribution in [-0.2, 0) is 11.2 Å². The van der Waals surface area contributed by atoms with Crippen LogP contribution < -0.4 is 16.5 Å². The summed E-state index contributed by atoms with van der Waals surface area (Å²) in [6.45, 7) is 2.72. The maximum Gasteiger partial charge on any atom is 0.241 e. The Morgan fingerprint density at radius 2 is 2.19 bits per heavy atom. The lowest BCUT2D eigenvalue weighted by atomic mass is 9.83. The fourth-order valence-electron chi connectivity index (χ4n) is 2.41. The number of aliphatic hydroxyl groups is 1. The van der Waals surface area contributed by atoms with Gasteiger partial charge in [0.15, 0.2) is 5.84 Å². The van der Waals surface area contributed by atoms with Gasteiger partial charge in [-0.05, 0) is 43.5 Å². The first-order chi connectivity index (χ1) is 12.6. The van der Waals surface area contributed by atoms with Gasteiger partial charge in [0.05, 0.1) is 11.6 Å². The van der Waals surface area contributed by atoms with Crippen LogP contribution in [0.4, 0.5) is 4.39 Å². The molecular weight excluding hydrogens is 355 g/mol. The molecule has 1 unspecified atom stereocenters. The van der Waals surface area contributed by atoms with Crippen molar-refractivity contribution in [3.8, 4) is 0 Å². The second kappa shape index (κ2) is 8.23. The van der Waals surface area contributed by atoms with Crippen molar-refractivity contribution >= 4 is 23.3 Å². The molecule has 7 N–H and O–H groups in total. The molecule has 0 aliphatic heterocycles. The third-order valence-corrected chi connectivity index (χ3v) is 3.87. The van der Waals surface area contributed by atoms with Crippen molar-refractivity contribution in [1.82, 2.24) is 10.8 Å². The van der Waals surface area contributed by atoms with E-state index < -0.39 is 17.2 Å². The van der Waals surface area contributed by atoms with Gasteiger partial charge < -0.3 is 16.2 Å². The minimum absolute atomic E-state index is 0.0297. The van der Waals surface area contributed by atoms with Crippen molar-refractivity contribution in [2.45, 2.75) is 31.9 Å². The first-order valence-corrected chi connectivity index (χ1v) is 8.25. The maximum atomic E-state index is 13.3. The number of aliphatic imine (C=N–C) groups is 2. The highest BCUT2D eigenvalue weighted by molar-refractivity contribution is 6.66. The van der Waals surface area contributed by atoms with Gasteiger partial charge >= 0.3 is 0 Å². The molecule has 0 spiro atoms. The Labute approximate surface area is 155 Å². The first-order valence-electron chi connectivity index (χ1n) is 8.25. The fourth-order valence-corrected chi connectivity index (χ4v) is 2.41. The molecule has 0 fully saturated rings. The number of halogens is 1.